The van der Waals surface area contributed by atoms with Gasteiger partial charge in [0.15, 0.2) is 0 Å². The van der Waals surface area contributed by atoms with Crippen molar-refractivity contribution in [2.75, 3.05) is 5.32 Å². The summed E-state index contributed by atoms with van der Waals surface area (Å²) in [5.74, 6) is -1.24. The Kier molecular flexibility index (Phi) is 3.92. The van der Waals surface area contributed by atoms with Crippen LogP contribution in [0, 0.1) is 16.0 Å². The number of hydrogen-bond acceptors (Lipinski definition) is 4. The lowest BCUT2D eigenvalue weighted by Gasteiger charge is -2.37. The fraction of sp³-hybridized carbons (Fsp3) is 0.211. The maximum absolute atomic E-state index is 11.7. The normalized spacial score (nSPS) is 23.0. The molecule has 2 aliphatic rings. The summed E-state index contributed by atoms with van der Waals surface area (Å²) in [5.41, 5.74) is 1.76. The van der Waals surface area contributed by atoms with Gasteiger partial charge in [-0.15, -0.1) is 0 Å². The first-order chi connectivity index (χ1) is 12.5. The molecule has 0 aromatic heterocycles. The smallest absolute Gasteiger partial charge is 0.337 e. The van der Waals surface area contributed by atoms with Crippen LogP contribution in [0.15, 0.2) is 48.6 Å². The predicted octanol–water partition coefficient (Wildman–Crippen LogP) is 4.77. The van der Waals surface area contributed by atoms with Crippen molar-refractivity contribution < 1.29 is 14.8 Å². The summed E-state index contributed by atoms with van der Waals surface area (Å²) >= 11 is 5.98. The minimum absolute atomic E-state index is 0.0447. The summed E-state index contributed by atoms with van der Waals surface area (Å²) in [5, 5.41) is 25.0. The first-order valence-corrected chi connectivity index (χ1v) is 8.58. The van der Waals surface area contributed by atoms with Crippen LogP contribution in [-0.4, -0.2) is 16.0 Å². The minimum Gasteiger partial charge on any atom is -0.478 e. The van der Waals surface area contributed by atoms with Gasteiger partial charge < -0.3 is 10.4 Å². The van der Waals surface area contributed by atoms with Crippen LogP contribution in [0.5, 0.6) is 0 Å². The van der Waals surface area contributed by atoms with Crippen molar-refractivity contribution in [1.29, 1.82) is 0 Å². The Hall–Kier alpha value is -2.86. The molecule has 7 heteroatoms. The van der Waals surface area contributed by atoms with Crippen molar-refractivity contribution in [3.63, 3.8) is 0 Å². The standard InChI is InChI=1S/C19H15ClN2O4/c20-11-6-4-10(5-7-11)17-13-3-1-2-12(13)16-15(22(25)26)9-8-14(19(23)24)18(16)21-17/h1-2,4-9,12-13,17,21H,3H2,(H,23,24)/t12-,13+,17-/m1/s1. The van der Waals surface area contributed by atoms with Crippen molar-refractivity contribution in [2.45, 2.75) is 18.4 Å². The van der Waals surface area contributed by atoms with Gasteiger partial charge in [0.1, 0.15) is 0 Å². The van der Waals surface area contributed by atoms with Crippen LogP contribution in [0.2, 0.25) is 5.02 Å². The average Bonchev–Trinajstić information content (AvgIpc) is 3.10. The van der Waals surface area contributed by atoms with Gasteiger partial charge in [-0.1, -0.05) is 35.9 Å². The topological polar surface area (TPSA) is 92.5 Å². The molecule has 1 aliphatic carbocycles. The Morgan fingerprint density at radius 3 is 2.62 bits per heavy atom. The molecular formula is C19H15ClN2O4. The molecule has 0 unspecified atom stereocenters. The molecule has 0 fully saturated rings. The fourth-order valence-electron chi connectivity index (χ4n) is 4.03. The molecule has 0 radical (unpaired) electrons. The molecule has 1 aliphatic heterocycles. The number of carboxylic acids is 1. The summed E-state index contributed by atoms with van der Waals surface area (Å²) < 4.78 is 0. The average molecular weight is 371 g/mol. The second kappa shape index (κ2) is 6.14. The van der Waals surface area contributed by atoms with Gasteiger partial charge in [0.2, 0.25) is 0 Å². The van der Waals surface area contributed by atoms with E-state index in [9.17, 15) is 20.0 Å². The molecule has 2 N–H and O–H groups in total. The number of benzene rings is 2. The van der Waals surface area contributed by atoms with Crippen LogP contribution in [0.3, 0.4) is 0 Å². The molecule has 0 saturated carbocycles. The SMILES string of the molecule is O=C(O)c1ccc([N+](=O)[O-])c2c1N[C@H](c1ccc(Cl)cc1)[C@H]1CC=C[C@@H]21. The van der Waals surface area contributed by atoms with E-state index < -0.39 is 10.9 Å². The van der Waals surface area contributed by atoms with E-state index in [1.807, 2.05) is 24.3 Å². The quantitative estimate of drug-likeness (QED) is 0.461. The lowest BCUT2D eigenvalue weighted by Crippen LogP contribution is -2.31. The number of fused-ring (bicyclic) bond motifs is 3. The van der Waals surface area contributed by atoms with E-state index in [2.05, 4.69) is 5.32 Å². The zero-order valence-corrected chi connectivity index (χ0v) is 14.3. The Labute approximate surface area is 154 Å². The van der Waals surface area contributed by atoms with Crippen LogP contribution in [0.4, 0.5) is 11.4 Å². The molecule has 3 atom stereocenters. The number of halogens is 1. The van der Waals surface area contributed by atoms with Gasteiger partial charge in [-0.2, -0.15) is 0 Å². The van der Waals surface area contributed by atoms with Crippen LogP contribution >= 0.6 is 11.6 Å². The van der Waals surface area contributed by atoms with E-state index in [0.717, 1.165) is 12.0 Å². The summed E-state index contributed by atoms with van der Waals surface area (Å²) in [4.78, 5) is 22.8. The molecule has 2 aromatic carbocycles. The van der Waals surface area contributed by atoms with Crippen LogP contribution in [0.25, 0.3) is 0 Å². The number of nitrogens with one attached hydrogen (secondary N) is 1. The molecule has 4 rings (SSSR count). The maximum atomic E-state index is 11.7. The number of nitro groups is 1. The molecule has 2 aromatic rings. The number of rotatable bonds is 3. The van der Waals surface area contributed by atoms with E-state index in [0.29, 0.717) is 16.3 Å². The highest BCUT2D eigenvalue weighted by atomic mass is 35.5. The maximum Gasteiger partial charge on any atom is 0.337 e. The molecular weight excluding hydrogens is 356 g/mol. The highest BCUT2D eigenvalue weighted by molar-refractivity contribution is 6.30. The predicted molar refractivity (Wildman–Crippen MR) is 97.9 cm³/mol. The lowest BCUT2D eigenvalue weighted by molar-refractivity contribution is -0.385. The fourth-order valence-corrected chi connectivity index (χ4v) is 4.15. The van der Waals surface area contributed by atoms with E-state index >= 15 is 0 Å². The van der Waals surface area contributed by atoms with Gasteiger partial charge in [-0.05, 0) is 36.1 Å². The van der Waals surface area contributed by atoms with Crippen molar-refractivity contribution in [3.8, 4) is 0 Å². The molecule has 0 amide bonds. The zero-order valence-electron chi connectivity index (χ0n) is 13.6. The molecule has 0 saturated heterocycles. The lowest BCUT2D eigenvalue weighted by atomic mass is 9.75. The van der Waals surface area contributed by atoms with Gasteiger partial charge >= 0.3 is 5.97 Å². The summed E-state index contributed by atoms with van der Waals surface area (Å²) in [7, 11) is 0. The van der Waals surface area contributed by atoms with E-state index in [1.54, 1.807) is 12.1 Å². The van der Waals surface area contributed by atoms with Gasteiger partial charge in [0.05, 0.1) is 27.8 Å². The molecule has 1 heterocycles. The number of carbonyl (C=O) groups is 1. The van der Waals surface area contributed by atoms with Crippen molar-refractivity contribution in [3.05, 3.63) is 80.4 Å². The Morgan fingerprint density at radius 2 is 1.96 bits per heavy atom. The molecule has 0 spiro atoms. The largest absolute Gasteiger partial charge is 0.478 e. The van der Waals surface area contributed by atoms with Gasteiger partial charge in [0.25, 0.3) is 5.69 Å². The number of hydrogen-bond donors (Lipinski definition) is 2. The monoisotopic (exact) mass is 370 g/mol. The van der Waals surface area contributed by atoms with E-state index in [1.165, 1.54) is 12.1 Å². The summed E-state index contributed by atoms with van der Waals surface area (Å²) in [6, 6.07) is 9.81. The number of aromatic carboxylic acids is 1. The summed E-state index contributed by atoms with van der Waals surface area (Å²) in [6.07, 6.45) is 4.72. The number of carboxylic acid groups (broad SMARTS) is 1. The van der Waals surface area contributed by atoms with Crippen molar-refractivity contribution in [1.82, 2.24) is 0 Å². The zero-order chi connectivity index (χ0) is 18.4. The number of nitrogens with zero attached hydrogens (tertiary/aromatic N) is 1. The molecule has 132 valence electrons. The minimum atomic E-state index is -1.11. The second-order valence-corrected chi connectivity index (χ2v) is 6.95. The van der Waals surface area contributed by atoms with Gasteiger partial charge in [0, 0.05) is 17.0 Å². The number of anilines is 1. The van der Waals surface area contributed by atoms with Crippen LogP contribution in [0.1, 0.15) is 39.9 Å². The van der Waals surface area contributed by atoms with E-state index in [-0.39, 0.29) is 29.1 Å². The second-order valence-electron chi connectivity index (χ2n) is 6.51. The Balaban J connectivity index is 1.91. The Bertz CT molecular complexity index is 939. The van der Waals surface area contributed by atoms with Crippen molar-refractivity contribution in [2.24, 2.45) is 5.92 Å². The van der Waals surface area contributed by atoms with Crippen LogP contribution in [-0.2, 0) is 0 Å². The number of allylic oxidation sites excluding steroid dienone is 2. The third-order valence-corrected chi connectivity index (χ3v) is 5.40. The molecule has 6 nitrogen and oxygen atoms in total. The van der Waals surface area contributed by atoms with E-state index in [4.69, 9.17) is 11.6 Å². The van der Waals surface area contributed by atoms with Crippen molar-refractivity contribution >= 4 is 28.9 Å². The third-order valence-electron chi connectivity index (χ3n) is 5.15. The third kappa shape index (κ3) is 2.54. The number of nitro benzene ring substituents is 1. The van der Waals surface area contributed by atoms with Gasteiger partial charge in [-0.25, -0.2) is 4.79 Å². The first-order valence-electron chi connectivity index (χ1n) is 8.20. The highest BCUT2D eigenvalue weighted by Crippen LogP contribution is 2.53. The highest BCUT2D eigenvalue weighted by Gasteiger charge is 2.43. The molecule has 26 heavy (non-hydrogen) atoms. The first kappa shape index (κ1) is 16.6. The van der Waals surface area contributed by atoms with Crippen LogP contribution < -0.4 is 5.32 Å². The van der Waals surface area contributed by atoms with Gasteiger partial charge in [-0.3, -0.25) is 10.1 Å². The Morgan fingerprint density at radius 1 is 1.23 bits per heavy atom. The summed E-state index contributed by atoms with van der Waals surface area (Å²) in [6.45, 7) is 0. The molecule has 0 bridgehead atoms.